The number of hydrogen-bond acceptors (Lipinski definition) is 6. The number of rotatable bonds is 11. The van der Waals surface area contributed by atoms with Crippen molar-refractivity contribution < 1.29 is 28.8 Å². The number of nitrogens with one attached hydrogen (secondary N) is 4. The lowest BCUT2D eigenvalue weighted by Crippen LogP contribution is -2.54. The van der Waals surface area contributed by atoms with Crippen LogP contribution in [-0.2, 0) is 24.0 Å². The third-order valence-corrected chi connectivity index (χ3v) is 10.0. The normalized spacial score (nSPS) is 21.2. The first kappa shape index (κ1) is 33.2. The van der Waals surface area contributed by atoms with Crippen LogP contribution in [0, 0.1) is 17.8 Å². The average Bonchev–Trinajstić information content (AvgIpc) is 3.61. The Hall–Kier alpha value is -4.22. The van der Waals surface area contributed by atoms with E-state index in [1.807, 2.05) is 43.0 Å². The maximum absolute atomic E-state index is 13.8. The molecular weight excluding hydrogens is 588 g/mol. The Bertz CT molecular complexity index is 1450. The van der Waals surface area contributed by atoms with Gasteiger partial charge in [0, 0.05) is 41.4 Å². The second-order valence-corrected chi connectivity index (χ2v) is 13.7. The van der Waals surface area contributed by atoms with Gasteiger partial charge in [-0.3, -0.25) is 28.8 Å². The molecule has 3 fully saturated rings. The van der Waals surface area contributed by atoms with Gasteiger partial charge in [-0.2, -0.15) is 0 Å². The minimum Gasteiger partial charge on any atom is -0.363 e. The summed E-state index contributed by atoms with van der Waals surface area (Å²) in [6.07, 6.45) is 6.93. The molecule has 3 aliphatic rings. The topological polar surface area (TPSA) is 184 Å². The number of primary amides is 1. The highest BCUT2D eigenvalue weighted by Crippen LogP contribution is 2.37. The molecule has 1 aliphatic carbocycles. The van der Waals surface area contributed by atoms with Gasteiger partial charge in [0.15, 0.2) is 0 Å². The van der Waals surface area contributed by atoms with Crippen LogP contribution in [0.1, 0.15) is 88.5 Å². The van der Waals surface area contributed by atoms with E-state index in [-0.39, 0.29) is 30.1 Å². The molecule has 0 radical (unpaired) electrons. The van der Waals surface area contributed by atoms with Gasteiger partial charge in [0.25, 0.3) is 11.8 Å². The van der Waals surface area contributed by atoms with Crippen molar-refractivity contribution in [3.05, 3.63) is 36.0 Å². The number of para-hydroxylation sites is 1. The third-order valence-electron chi connectivity index (χ3n) is 10.0. The van der Waals surface area contributed by atoms with Gasteiger partial charge in [-0.05, 0) is 50.2 Å². The SMILES string of the molecule is CC(C)C(=O)N1CCC2(CC1)CC(CC(NC(=O)[C@H](CC1CCCCC1)NC(=O)c1cc3ccccc3[nH]1)C(=O)C(N)=O)C(=O)N2. The number of Topliss-reactive ketones (excluding diaryl/α,β-unsaturated/α-hetero) is 1. The van der Waals surface area contributed by atoms with Crippen molar-refractivity contribution in [1.29, 1.82) is 0 Å². The van der Waals surface area contributed by atoms with Crippen molar-refractivity contribution in [2.75, 3.05) is 13.1 Å². The molecule has 1 spiro atoms. The Kier molecular flexibility index (Phi) is 10.1. The monoisotopic (exact) mass is 634 g/mol. The first-order valence-corrected chi connectivity index (χ1v) is 16.6. The summed E-state index contributed by atoms with van der Waals surface area (Å²) in [7, 11) is 0. The van der Waals surface area contributed by atoms with Crippen molar-refractivity contribution in [2.45, 2.75) is 95.7 Å². The largest absolute Gasteiger partial charge is 0.363 e. The first-order chi connectivity index (χ1) is 21.9. The summed E-state index contributed by atoms with van der Waals surface area (Å²) in [6, 6.07) is 6.91. The predicted molar refractivity (Wildman–Crippen MR) is 171 cm³/mol. The van der Waals surface area contributed by atoms with Crippen LogP contribution in [0.4, 0.5) is 0 Å². The summed E-state index contributed by atoms with van der Waals surface area (Å²) in [5.41, 5.74) is 5.97. The van der Waals surface area contributed by atoms with E-state index in [2.05, 4.69) is 20.9 Å². The van der Waals surface area contributed by atoms with Crippen LogP contribution in [0.15, 0.2) is 30.3 Å². The van der Waals surface area contributed by atoms with E-state index < -0.39 is 47.0 Å². The van der Waals surface area contributed by atoms with E-state index >= 15 is 0 Å². The molecule has 1 saturated carbocycles. The van der Waals surface area contributed by atoms with Crippen molar-refractivity contribution in [1.82, 2.24) is 25.8 Å². The van der Waals surface area contributed by atoms with Gasteiger partial charge in [0.05, 0.1) is 6.04 Å². The molecular formula is C34H46N6O6. The summed E-state index contributed by atoms with van der Waals surface area (Å²) in [4.78, 5) is 82.8. The molecule has 3 heterocycles. The summed E-state index contributed by atoms with van der Waals surface area (Å²) >= 11 is 0. The van der Waals surface area contributed by atoms with Crippen LogP contribution in [-0.4, -0.2) is 75.9 Å². The molecule has 12 nitrogen and oxygen atoms in total. The Morgan fingerprint density at radius 3 is 2.33 bits per heavy atom. The second kappa shape index (κ2) is 14.0. The maximum atomic E-state index is 13.8. The van der Waals surface area contributed by atoms with E-state index in [9.17, 15) is 28.8 Å². The fourth-order valence-electron chi connectivity index (χ4n) is 7.40. The number of likely N-dealkylation sites (tertiary alicyclic amines) is 1. The van der Waals surface area contributed by atoms with Gasteiger partial charge in [-0.1, -0.05) is 64.2 Å². The molecule has 2 aromatic rings. The number of ketones is 1. The van der Waals surface area contributed by atoms with Gasteiger partial charge in [0.1, 0.15) is 11.7 Å². The lowest BCUT2D eigenvalue weighted by molar-refractivity contribution is -0.139. The number of nitrogens with zero attached hydrogens (tertiary/aromatic N) is 1. The Morgan fingerprint density at radius 1 is 0.978 bits per heavy atom. The van der Waals surface area contributed by atoms with Crippen molar-refractivity contribution in [2.24, 2.45) is 23.5 Å². The molecule has 12 heteroatoms. The van der Waals surface area contributed by atoms with Crippen molar-refractivity contribution in [3.63, 3.8) is 0 Å². The van der Waals surface area contributed by atoms with Crippen LogP contribution in [0.2, 0.25) is 0 Å². The first-order valence-electron chi connectivity index (χ1n) is 16.6. The Labute approximate surface area is 269 Å². The number of benzene rings is 1. The number of aromatic nitrogens is 1. The zero-order valence-electron chi connectivity index (χ0n) is 26.7. The fourth-order valence-corrected chi connectivity index (χ4v) is 7.40. The summed E-state index contributed by atoms with van der Waals surface area (Å²) < 4.78 is 0. The number of fused-ring (bicyclic) bond motifs is 1. The Balaban J connectivity index is 1.29. The van der Waals surface area contributed by atoms with Gasteiger partial charge in [-0.25, -0.2) is 0 Å². The zero-order valence-corrected chi connectivity index (χ0v) is 26.7. The van der Waals surface area contributed by atoms with Crippen LogP contribution < -0.4 is 21.7 Å². The van der Waals surface area contributed by atoms with Crippen molar-refractivity contribution >= 4 is 46.2 Å². The molecule has 6 N–H and O–H groups in total. The van der Waals surface area contributed by atoms with E-state index in [0.29, 0.717) is 44.5 Å². The molecule has 3 atom stereocenters. The summed E-state index contributed by atoms with van der Waals surface area (Å²) in [5.74, 6) is -3.96. The van der Waals surface area contributed by atoms with E-state index in [4.69, 9.17) is 5.73 Å². The zero-order chi connectivity index (χ0) is 33.0. The molecule has 46 heavy (non-hydrogen) atoms. The molecule has 5 amide bonds. The summed E-state index contributed by atoms with van der Waals surface area (Å²) in [5, 5.41) is 9.51. The fraction of sp³-hybridized carbons (Fsp3) is 0.588. The number of carbonyl (C=O) groups excluding carboxylic acids is 6. The van der Waals surface area contributed by atoms with Crippen LogP contribution >= 0.6 is 0 Å². The van der Waals surface area contributed by atoms with Crippen LogP contribution in [0.3, 0.4) is 0 Å². The van der Waals surface area contributed by atoms with E-state index in [1.54, 1.807) is 6.07 Å². The molecule has 0 bridgehead atoms. The molecule has 248 valence electrons. The summed E-state index contributed by atoms with van der Waals surface area (Å²) in [6.45, 7) is 4.75. The minimum atomic E-state index is -1.32. The van der Waals surface area contributed by atoms with Gasteiger partial charge in [0.2, 0.25) is 23.5 Å². The number of H-pyrrole nitrogens is 1. The molecule has 2 saturated heterocycles. The average molecular weight is 635 g/mol. The van der Waals surface area contributed by atoms with Crippen LogP contribution in [0.25, 0.3) is 10.9 Å². The predicted octanol–water partition coefficient (Wildman–Crippen LogP) is 2.32. The number of aromatic amines is 1. The number of piperidine rings is 1. The number of carbonyl (C=O) groups is 6. The van der Waals surface area contributed by atoms with Crippen molar-refractivity contribution in [3.8, 4) is 0 Å². The lowest BCUT2D eigenvalue weighted by atomic mass is 9.81. The highest BCUT2D eigenvalue weighted by molar-refractivity contribution is 6.38. The number of hydrogen-bond donors (Lipinski definition) is 5. The second-order valence-electron chi connectivity index (χ2n) is 13.7. The molecule has 1 aromatic carbocycles. The standard InChI is InChI=1S/C34H46N6O6/c1-20(2)33(46)40-14-12-34(13-15-40)19-23(30(43)39-34)18-25(28(41)29(35)42)37-31(44)26(16-21-8-4-3-5-9-21)38-32(45)27-17-22-10-6-7-11-24(22)36-27/h6-7,10-11,17,20-21,23,25-26,36H,3-5,8-9,12-16,18-19H2,1-2H3,(H2,35,42)(H,37,44)(H,38,45)(H,39,43)/t23?,25?,26-/m0/s1. The number of nitrogens with two attached hydrogens (primary N) is 1. The van der Waals surface area contributed by atoms with E-state index in [1.165, 1.54) is 0 Å². The Morgan fingerprint density at radius 2 is 1.67 bits per heavy atom. The maximum Gasteiger partial charge on any atom is 0.287 e. The highest BCUT2D eigenvalue weighted by atomic mass is 16.2. The minimum absolute atomic E-state index is 0.0740. The quantitative estimate of drug-likeness (QED) is 0.236. The third kappa shape index (κ3) is 7.59. The van der Waals surface area contributed by atoms with Gasteiger partial charge < -0.3 is 31.6 Å². The smallest absolute Gasteiger partial charge is 0.287 e. The highest BCUT2D eigenvalue weighted by Gasteiger charge is 2.48. The molecule has 2 unspecified atom stereocenters. The van der Waals surface area contributed by atoms with Gasteiger partial charge in [-0.15, -0.1) is 0 Å². The van der Waals surface area contributed by atoms with Gasteiger partial charge >= 0.3 is 0 Å². The number of amides is 5. The molecule has 2 aliphatic heterocycles. The molecule has 1 aromatic heterocycles. The van der Waals surface area contributed by atoms with E-state index in [0.717, 1.165) is 43.0 Å². The lowest BCUT2D eigenvalue weighted by Gasteiger charge is -2.40. The van der Waals surface area contributed by atoms with Crippen LogP contribution in [0.5, 0.6) is 0 Å². The molecule has 5 rings (SSSR count).